The van der Waals surface area contributed by atoms with Gasteiger partial charge < -0.3 is 11.1 Å². The number of hydrogen-bond acceptors (Lipinski definition) is 5. The maximum atomic E-state index is 12.1. The summed E-state index contributed by atoms with van der Waals surface area (Å²) in [6, 6.07) is 7.08. The average molecular weight is 332 g/mol. The summed E-state index contributed by atoms with van der Waals surface area (Å²) in [5, 5.41) is 1.88. The van der Waals surface area contributed by atoms with Crippen molar-refractivity contribution >= 4 is 32.2 Å². The lowest BCUT2D eigenvalue weighted by atomic mass is 10.2. The van der Waals surface area contributed by atoms with Crippen molar-refractivity contribution in [1.29, 1.82) is 0 Å². The molecular formula is C13H20N2O4S2. The van der Waals surface area contributed by atoms with Crippen LogP contribution in [0, 0.1) is 0 Å². The molecule has 8 heteroatoms. The first-order valence-electron chi connectivity index (χ1n) is 6.38. The highest BCUT2D eigenvalue weighted by Crippen LogP contribution is 2.15. The number of carbonyl (C=O) groups is 1. The van der Waals surface area contributed by atoms with Gasteiger partial charge in [0.05, 0.1) is 5.75 Å². The summed E-state index contributed by atoms with van der Waals surface area (Å²) in [4.78, 5) is 12.1. The molecule has 0 aliphatic heterocycles. The number of benzene rings is 1. The minimum absolute atomic E-state index is 0.0496. The molecule has 2 atom stereocenters. The van der Waals surface area contributed by atoms with Crippen LogP contribution < -0.4 is 11.1 Å². The van der Waals surface area contributed by atoms with E-state index in [-0.39, 0.29) is 18.1 Å². The first kappa shape index (κ1) is 17.8. The third-order valence-electron chi connectivity index (χ3n) is 2.91. The molecule has 0 aliphatic rings. The van der Waals surface area contributed by atoms with Crippen molar-refractivity contribution in [3.8, 4) is 0 Å². The van der Waals surface area contributed by atoms with Crippen molar-refractivity contribution in [1.82, 2.24) is 0 Å². The van der Waals surface area contributed by atoms with Gasteiger partial charge in [-0.3, -0.25) is 9.00 Å². The van der Waals surface area contributed by atoms with Gasteiger partial charge in [0, 0.05) is 35.0 Å². The summed E-state index contributed by atoms with van der Waals surface area (Å²) >= 11 is 0. The normalized spacial score (nSPS) is 14.4. The van der Waals surface area contributed by atoms with Crippen LogP contribution in [0.4, 0.5) is 5.69 Å². The minimum atomic E-state index is -3.19. The highest BCUT2D eigenvalue weighted by Gasteiger charge is 2.21. The van der Waals surface area contributed by atoms with Crippen LogP contribution in [-0.4, -0.2) is 41.5 Å². The van der Waals surface area contributed by atoms with Crippen LogP contribution in [0.3, 0.4) is 0 Å². The molecule has 21 heavy (non-hydrogen) atoms. The number of para-hydroxylation sites is 1. The zero-order valence-electron chi connectivity index (χ0n) is 12.0. The van der Waals surface area contributed by atoms with Crippen molar-refractivity contribution in [2.45, 2.75) is 18.7 Å². The summed E-state index contributed by atoms with van der Waals surface area (Å²) in [5.41, 5.74) is 6.94. The smallest absolute Gasteiger partial charge is 0.239 e. The number of rotatable bonds is 7. The van der Waals surface area contributed by atoms with Crippen LogP contribution in [-0.2, 0) is 32.0 Å². The summed E-state index contributed by atoms with van der Waals surface area (Å²) in [5.74, 6) is -0.662. The fourth-order valence-electron chi connectivity index (χ4n) is 1.58. The van der Waals surface area contributed by atoms with Crippen LogP contribution in [0.1, 0.15) is 12.5 Å². The number of carbonyl (C=O) groups excluding carboxylic acids is 1. The van der Waals surface area contributed by atoms with E-state index in [2.05, 4.69) is 5.32 Å². The second-order valence-electron chi connectivity index (χ2n) is 4.71. The summed E-state index contributed by atoms with van der Waals surface area (Å²) in [6.45, 7) is 1.79. The fourth-order valence-corrected chi connectivity index (χ4v) is 4.10. The number of nitrogens with one attached hydrogen (secondary N) is 1. The van der Waals surface area contributed by atoms with E-state index >= 15 is 0 Å². The van der Waals surface area contributed by atoms with Gasteiger partial charge in [0.1, 0.15) is 15.1 Å². The van der Waals surface area contributed by atoms with E-state index in [4.69, 9.17) is 5.73 Å². The highest BCUT2D eigenvalue weighted by atomic mass is 32.2. The van der Waals surface area contributed by atoms with E-state index in [0.717, 1.165) is 11.8 Å². The molecule has 3 N–H and O–H groups in total. The van der Waals surface area contributed by atoms with E-state index in [1.54, 1.807) is 18.2 Å². The molecule has 0 aromatic heterocycles. The van der Waals surface area contributed by atoms with Crippen LogP contribution >= 0.6 is 0 Å². The van der Waals surface area contributed by atoms with Crippen molar-refractivity contribution in [2.24, 2.45) is 5.73 Å². The Morgan fingerprint density at radius 1 is 1.38 bits per heavy atom. The van der Waals surface area contributed by atoms with Crippen LogP contribution in [0.15, 0.2) is 24.3 Å². The lowest BCUT2D eigenvalue weighted by Crippen LogP contribution is -2.32. The molecule has 0 saturated carbocycles. The Labute approximate surface area is 127 Å². The van der Waals surface area contributed by atoms with Crippen molar-refractivity contribution in [3.05, 3.63) is 29.8 Å². The van der Waals surface area contributed by atoms with Gasteiger partial charge in [0.15, 0.2) is 0 Å². The van der Waals surface area contributed by atoms with Crippen molar-refractivity contribution < 1.29 is 17.4 Å². The van der Waals surface area contributed by atoms with Gasteiger partial charge in [-0.2, -0.15) is 0 Å². The maximum absolute atomic E-state index is 12.1. The lowest BCUT2D eigenvalue weighted by molar-refractivity contribution is -0.115. The zero-order chi connectivity index (χ0) is 16.0. The Bertz CT molecular complexity index is 629. The molecular weight excluding hydrogens is 312 g/mol. The molecule has 0 heterocycles. The summed E-state index contributed by atoms with van der Waals surface area (Å²) < 4.78 is 34.0. The number of nitrogens with two attached hydrogens (primary N) is 1. The summed E-state index contributed by atoms with van der Waals surface area (Å²) in [6.07, 6.45) is 1.08. The highest BCUT2D eigenvalue weighted by molar-refractivity contribution is 7.92. The van der Waals surface area contributed by atoms with Crippen LogP contribution in [0.2, 0.25) is 0 Å². The number of amides is 1. The molecule has 0 spiro atoms. The van der Waals surface area contributed by atoms with Gasteiger partial charge >= 0.3 is 0 Å². The Morgan fingerprint density at radius 3 is 2.57 bits per heavy atom. The van der Waals surface area contributed by atoms with Gasteiger partial charge in [-0.1, -0.05) is 18.2 Å². The quantitative estimate of drug-likeness (QED) is 0.745. The Hall–Kier alpha value is -1.25. The largest absolute Gasteiger partial charge is 0.326 e. The van der Waals surface area contributed by atoms with E-state index in [1.165, 1.54) is 6.92 Å². The number of anilines is 1. The van der Waals surface area contributed by atoms with E-state index in [0.29, 0.717) is 5.69 Å². The van der Waals surface area contributed by atoms with Crippen molar-refractivity contribution in [3.63, 3.8) is 0 Å². The molecule has 0 fully saturated rings. The zero-order valence-corrected chi connectivity index (χ0v) is 13.7. The monoisotopic (exact) mass is 332 g/mol. The number of sulfone groups is 1. The van der Waals surface area contributed by atoms with E-state index in [1.807, 2.05) is 6.07 Å². The Kier molecular flexibility index (Phi) is 6.50. The SMILES string of the molecule is CC(C(=O)Nc1ccccc1CN)S(=O)CCS(C)(=O)=O. The second-order valence-corrected chi connectivity index (χ2v) is 8.84. The predicted molar refractivity (Wildman–Crippen MR) is 85.1 cm³/mol. The molecule has 1 rings (SSSR count). The van der Waals surface area contributed by atoms with Gasteiger partial charge in [0.2, 0.25) is 5.91 Å². The van der Waals surface area contributed by atoms with Gasteiger partial charge in [-0.25, -0.2) is 8.42 Å². The van der Waals surface area contributed by atoms with Crippen LogP contribution in [0.25, 0.3) is 0 Å². The molecule has 6 nitrogen and oxygen atoms in total. The third-order valence-corrected chi connectivity index (χ3v) is 5.73. The maximum Gasteiger partial charge on any atom is 0.239 e. The van der Waals surface area contributed by atoms with E-state index in [9.17, 15) is 17.4 Å². The minimum Gasteiger partial charge on any atom is -0.326 e. The first-order chi connectivity index (χ1) is 9.74. The second kappa shape index (κ2) is 7.67. The average Bonchev–Trinajstić information content (AvgIpc) is 2.43. The third kappa shape index (κ3) is 5.94. The predicted octanol–water partition coefficient (Wildman–Crippen LogP) is 0.266. The lowest BCUT2D eigenvalue weighted by Gasteiger charge is -2.14. The molecule has 1 amide bonds. The molecule has 1 aromatic carbocycles. The van der Waals surface area contributed by atoms with Gasteiger partial charge in [-0.15, -0.1) is 0 Å². The van der Waals surface area contributed by atoms with Gasteiger partial charge in [-0.05, 0) is 18.6 Å². The number of hydrogen-bond donors (Lipinski definition) is 2. The molecule has 0 bridgehead atoms. The van der Waals surface area contributed by atoms with E-state index < -0.39 is 31.8 Å². The standard InChI is InChI=1S/C13H20N2O4S2/c1-10(20(17)7-8-21(2,18)19)13(16)15-12-6-4-3-5-11(12)9-14/h3-6,10H,7-9,14H2,1-2H3,(H,15,16). The first-order valence-corrected chi connectivity index (χ1v) is 9.82. The molecule has 118 valence electrons. The van der Waals surface area contributed by atoms with Gasteiger partial charge in [0.25, 0.3) is 0 Å². The van der Waals surface area contributed by atoms with Crippen molar-refractivity contribution in [2.75, 3.05) is 23.1 Å². The molecule has 0 radical (unpaired) electrons. The Morgan fingerprint density at radius 2 is 2.00 bits per heavy atom. The molecule has 2 unspecified atom stereocenters. The molecule has 0 saturated heterocycles. The topological polar surface area (TPSA) is 106 Å². The van der Waals surface area contributed by atoms with Crippen LogP contribution in [0.5, 0.6) is 0 Å². The molecule has 0 aliphatic carbocycles. The Balaban J connectivity index is 2.68. The summed E-state index contributed by atoms with van der Waals surface area (Å²) in [7, 11) is -4.74. The molecule has 1 aromatic rings. The fraction of sp³-hybridized carbons (Fsp3) is 0.462.